The van der Waals surface area contributed by atoms with Gasteiger partial charge in [-0.25, -0.2) is 4.98 Å². The monoisotopic (exact) mass is 395 g/mol. The fourth-order valence-corrected chi connectivity index (χ4v) is 3.79. The zero-order chi connectivity index (χ0) is 17.8. The molecule has 0 bridgehead atoms. The molecule has 1 fully saturated rings. The van der Waals surface area contributed by atoms with Crippen LogP contribution in [0, 0.1) is 0 Å². The number of nitrogens with one attached hydrogen (secondary N) is 2. The molecule has 1 aliphatic heterocycles. The largest absolute Gasteiger partial charge is 0.491 e. The van der Waals surface area contributed by atoms with Crippen LogP contribution in [0.3, 0.4) is 0 Å². The maximum atomic E-state index is 12.4. The summed E-state index contributed by atoms with van der Waals surface area (Å²) in [6, 6.07) is 8.50. The van der Waals surface area contributed by atoms with E-state index in [0.29, 0.717) is 11.7 Å². The van der Waals surface area contributed by atoms with Crippen LogP contribution in [-0.4, -0.2) is 35.6 Å². The zero-order valence-corrected chi connectivity index (χ0v) is 17.0. The average molecular weight is 396 g/mol. The number of thiazole rings is 1. The van der Waals surface area contributed by atoms with Gasteiger partial charge in [-0.3, -0.25) is 4.79 Å². The molecule has 1 amide bonds. The Kier molecular flexibility index (Phi) is 7.43. The number of ether oxygens (including phenoxy) is 1. The van der Waals surface area contributed by atoms with Gasteiger partial charge in [0, 0.05) is 23.0 Å². The molecule has 1 aromatic carbocycles. The van der Waals surface area contributed by atoms with E-state index < -0.39 is 0 Å². The Morgan fingerprint density at radius 2 is 2.08 bits per heavy atom. The Balaban J connectivity index is 0.00000243. The molecular weight excluding hydrogens is 370 g/mol. The fourth-order valence-electron chi connectivity index (χ4n) is 2.98. The smallest absolute Gasteiger partial charge is 0.270 e. The lowest BCUT2D eigenvalue weighted by Crippen LogP contribution is -2.46. The van der Waals surface area contributed by atoms with Gasteiger partial charge in [-0.1, -0.05) is 0 Å². The first-order valence-corrected chi connectivity index (χ1v) is 9.66. The van der Waals surface area contributed by atoms with Crippen LogP contribution in [0.25, 0.3) is 10.6 Å². The summed E-state index contributed by atoms with van der Waals surface area (Å²) in [7, 11) is 0. The average Bonchev–Trinajstić information content (AvgIpc) is 3.05. The number of halogens is 1. The molecule has 5 nitrogen and oxygen atoms in total. The normalized spacial score (nSPS) is 19.7. The predicted molar refractivity (Wildman–Crippen MR) is 109 cm³/mol. The molecule has 0 aliphatic carbocycles. The minimum absolute atomic E-state index is 0. The Labute approximate surface area is 165 Å². The van der Waals surface area contributed by atoms with Crippen LogP contribution in [0.4, 0.5) is 0 Å². The van der Waals surface area contributed by atoms with Crippen molar-refractivity contribution >= 4 is 29.7 Å². The second-order valence-corrected chi connectivity index (χ2v) is 7.64. The Morgan fingerprint density at radius 1 is 1.35 bits per heavy atom. The number of nitrogens with zero attached hydrogens (tertiary/aromatic N) is 1. The van der Waals surface area contributed by atoms with Gasteiger partial charge < -0.3 is 15.4 Å². The highest BCUT2D eigenvalue weighted by Gasteiger charge is 2.21. The number of piperidine rings is 1. The van der Waals surface area contributed by atoms with Gasteiger partial charge in [0.2, 0.25) is 0 Å². The van der Waals surface area contributed by atoms with Crippen molar-refractivity contribution in [3.63, 3.8) is 0 Å². The fraction of sp³-hybridized carbons (Fsp3) is 0.474. The van der Waals surface area contributed by atoms with Gasteiger partial charge in [-0.05, 0) is 64.4 Å². The van der Waals surface area contributed by atoms with Crippen molar-refractivity contribution in [2.75, 3.05) is 6.54 Å². The van der Waals surface area contributed by atoms with Crippen molar-refractivity contribution in [1.29, 1.82) is 0 Å². The molecule has 3 rings (SSSR count). The predicted octanol–water partition coefficient (Wildman–Crippen LogP) is 3.89. The quantitative estimate of drug-likeness (QED) is 0.806. The van der Waals surface area contributed by atoms with Gasteiger partial charge in [-0.2, -0.15) is 0 Å². The van der Waals surface area contributed by atoms with E-state index in [9.17, 15) is 4.79 Å². The number of hydrogen-bond donors (Lipinski definition) is 2. The SMILES string of the molecule is CC1CC(NC(=O)c2csc(-c3ccc(OC(C)C)cc3)n2)CCN1.Cl. The lowest BCUT2D eigenvalue weighted by atomic mass is 10.0. The van der Waals surface area contributed by atoms with Crippen LogP contribution in [0.15, 0.2) is 29.6 Å². The van der Waals surface area contributed by atoms with Gasteiger partial charge in [0.05, 0.1) is 6.10 Å². The maximum absolute atomic E-state index is 12.4. The highest BCUT2D eigenvalue weighted by atomic mass is 35.5. The lowest BCUT2D eigenvalue weighted by Gasteiger charge is -2.28. The first-order chi connectivity index (χ1) is 12.0. The van der Waals surface area contributed by atoms with E-state index in [-0.39, 0.29) is 30.5 Å². The Hall–Kier alpha value is -1.63. The van der Waals surface area contributed by atoms with Crippen molar-refractivity contribution in [2.24, 2.45) is 0 Å². The van der Waals surface area contributed by atoms with Crippen molar-refractivity contribution in [3.8, 4) is 16.3 Å². The van der Waals surface area contributed by atoms with Gasteiger partial charge >= 0.3 is 0 Å². The van der Waals surface area contributed by atoms with Gasteiger partial charge in [0.1, 0.15) is 16.5 Å². The third-order valence-corrected chi connectivity index (χ3v) is 5.06. The summed E-state index contributed by atoms with van der Waals surface area (Å²) in [6.45, 7) is 7.09. The zero-order valence-electron chi connectivity index (χ0n) is 15.3. The first kappa shape index (κ1) is 20.7. The van der Waals surface area contributed by atoms with Crippen LogP contribution >= 0.6 is 23.7 Å². The van der Waals surface area contributed by atoms with Gasteiger partial charge in [-0.15, -0.1) is 23.7 Å². The van der Waals surface area contributed by atoms with Gasteiger partial charge in [0.15, 0.2) is 0 Å². The molecule has 26 heavy (non-hydrogen) atoms. The van der Waals surface area contributed by atoms with Crippen LogP contribution in [-0.2, 0) is 0 Å². The molecule has 142 valence electrons. The lowest BCUT2D eigenvalue weighted by molar-refractivity contribution is 0.0921. The molecule has 1 aromatic heterocycles. The molecule has 2 N–H and O–H groups in total. The molecule has 7 heteroatoms. The number of carbonyl (C=O) groups excluding carboxylic acids is 1. The third kappa shape index (κ3) is 5.43. The minimum Gasteiger partial charge on any atom is -0.491 e. The van der Waals surface area contributed by atoms with E-state index in [0.717, 1.165) is 35.7 Å². The van der Waals surface area contributed by atoms with E-state index in [2.05, 4.69) is 22.5 Å². The second kappa shape index (κ2) is 9.35. The molecule has 1 saturated heterocycles. The van der Waals surface area contributed by atoms with E-state index in [4.69, 9.17) is 4.74 Å². The first-order valence-electron chi connectivity index (χ1n) is 8.78. The summed E-state index contributed by atoms with van der Waals surface area (Å²) < 4.78 is 5.66. The van der Waals surface area contributed by atoms with Crippen LogP contribution in [0.2, 0.25) is 0 Å². The Bertz CT molecular complexity index is 718. The molecule has 1 aliphatic rings. The summed E-state index contributed by atoms with van der Waals surface area (Å²) in [5.74, 6) is 0.759. The summed E-state index contributed by atoms with van der Waals surface area (Å²) in [5.41, 5.74) is 1.49. The van der Waals surface area contributed by atoms with Crippen LogP contribution in [0.1, 0.15) is 44.1 Å². The van der Waals surface area contributed by atoms with E-state index >= 15 is 0 Å². The molecule has 2 unspecified atom stereocenters. The van der Waals surface area contributed by atoms with Crippen LogP contribution in [0.5, 0.6) is 5.75 Å². The van der Waals surface area contributed by atoms with E-state index in [1.165, 1.54) is 11.3 Å². The third-order valence-electron chi connectivity index (χ3n) is 4.17. The van der Waals surface area contributed by atoms with E-state index in [1.807, 2.05) is 43.5 Å². The highest BCUT2D eigenvalue weighted by molar-refractivity contribution is 7.13. The minimum atomic E-state index is -0.0821. The molecule has 2 aromatic rings. The summed E-state index contributed by atoms with van der Waals surface area (Å²) in [5, 5.41) is 9.17. The van der Waals surface area contributed by atoms with Gasteiger partial charge in [0.25, 0.3) is 5.91 Å². The molecule has 2 atom stereocenters. The number of benzene rings is 1. The number of carbonyl (C=O) groups is 1. The summed E-state index contributed by atoms with van der Waals surface area (Å²) >= 11 is 1.49. The van der Waals surface area contributed by atoms with E-state index in [1.54, 1.807) is 0 Å². The van der Waals surface area contributed by atoms with Crippen LogP contribution < -0.4 is 15.4 Å². The number of rotatable bonds is 5. The standard InChI is InChI=1S/C19H25N3O2S.ClH/c1-12(2)24-16-6-4-14(5-7-16)19-22-17(11-25-19)18(23)21-15-8-9-20-13(3)10-15;/h4-7,11-13,15,20H,8-10H2,1-3H3,(H,21,23);1H. The molecule has 0 radical (unpaired) electrons. The second-order valence-electron chi connectivity index (χ2n) is 6.78. The molecular formula is C19H26ClN3O2S. The topological polar surface area (TPSA) is 63.2 Å². The molecule has 2 heterocycles. The van der Waals surface area contributed by atoms with Crippen molar-refractivity contribution < 1.29 is 9.53 Å². The maximum Gasteiger partial charge on any atom is 0.270 e. The number of amides is 1. The summed E-state index contributed by atoms with van der Waals surface area (Å²) in [6.07, 6.45) is 2.07. The van der Waals surface area contributed by atoms with Crippen molar-refractivity contribution in [1.82, 2.24) is 15.6 Å². The number of aromatic nitrogens is 1. The highest BCUT2D eigenvalue weighted by Crippen LogP contribution is 2.26. The van der Waals surface area contributed by atoms with Crippen molar-refractivity contribution in [2.45, 2.75) is 51.8 Å². The van der Waals surface area contributed by atoms with Crippen molar-refractivity contribution in [3.05, 3.63) is 35.3 Å². The number of hydrogen-bond acceptors (Lipinski definition) is 5. The Morgan fingerprint density at radius 3 is 2.73 bits per heavy atom. The molecule has 0 saturated carbocycles. The molecule has 0 spiro atoms. The summed E-state index contributed by atoms with van der Waals surface area (Å²) in [4.78, 5) is 16.9.